The van der Waals surface area contributed by atoms with E-state index in [2.05, 4.69) is 23.1 Å². The quantitative estimate of drug-likeness (QED) is 0.738. The molecule has 3 nitrogen and oxygen atoms in total. The molecule has 0 fully saturated rings. The van der Waals surface area contributed by atoms with Crippen molar-refractivity contribution in [2.24, 2.45) is 0 Å². The zero-order valence-corrected chi connectivity index (χ0v) is 10.3. The summed E-state index contributed by atoms with van der Waals surface area (Å²) in [5, 5.41) is 0. The number of aryl methyl sites for hydroxylation is 1. The number of para-hydroxylation sites is 1. The summed E-state index contributed by atoms with van der Waals surface area (Å²) < 4.78 is 0. The number of benzene rings is 1. The lowest BCUT2D eigenvalue weighted by atomic mass is 9.98. The van der Waals surface area contributed by atoms with E-state index in [1.54, 1.807) is 0 Å². The predicted molar refractivity (Wildman–Crippen MR) is 69.6 cm³/mol. The lowest BCUT2D eigenvalue weighted by Gasteiger charge is -2.41. The Labute approximate surface area is 102 Å². The zero-order chi connectivity index (χ0) is 11.8. The van der Waals surface area contributed by atoms with Crippen molar-refractivity contribution in [3.05, 3.63) is 23.8 Å². The van der Waals surface area contributed by atoms with Crippen LogP contribution in [0.1, 0.15) is 25.3 Å². The number of carbonyl (C=O) groups excluding carboxylic acids is 1. The van der Waals surface area contributed by atoms with Crippen molar-refractivity contribution >= 4 is 17.3 Å². The Morgan fingerprint density at radius 2 is 2.18 bits per heavy atom. The first-order valence-electron chi connectivity index (χ1n) is 6.48. The molecule has 3 rings (SSSR count). The van der Waals surface area contributed by atoms with Gasteiger partial charge in [-0.05, 0) is 24.5 Å². The van der Waals surface area contributed by atoms with Gasteiger partial charge < -0.3 is 9.80 Å². The highest BCUT2D eigenvalue weighted by atomic mass is 16.2. The molecule has 2 aliphatic heterocycles. The summed E-state index contributed by atoms with van der Waals surface area (Å²) >= 11 is 0. The highest BCUT2D eigenvalue weighted by Gasteiger charge is 2.29. The van der Waals surface area contributed by atoms with Gasteiger partial charge >= 0.3 is 0 Å². The van der Waals surface area contributed by atoms with E-state index in [1.807, 2.05) is 11.8 Å². The Morgan fingerprint density at radius 1 is 1.29 bits per heavy atom. The summed E-state index contributed by atoms with van der Waals surface area (Å²) in [5.41, 5.74) is 3.84. The van der Waals surface area contributed by atoms with Gasteiger partial charge in [-0.3, -0.25) is 4.79 Å². The van der Waals surface area contributed by atoms with Crippen LogP contribution in [0.4, 0.5) is 11.4 Å². The van der Waals surface area contributed by atoms with Crippen LogP contribution in [0.15, 0.2) is 18.2 Å². The molecular weight excluding hydrogens is 212 g/mol. The third-order valence-corrected chi connectivity index (χ3v) is 3.78. The summed E-state index contributed by atoms with van der Waals surface area (Å²) in [6.07, 6.45) is 2.97. The van der Waals surface area contributed by atoms with E-state index >= 15 is 0 Å². The van der Waals surface area contributed by atoms with E-state index < -0.39 is 0 Å². The molecule has 0 radical (unpaired) electrons. The van der Waals surface area contributed by atoms with Crippen molar-refractivity contribution in [2.45, 2.75) is 26.2 Å². The van der Waals surface area contributed by atoms with Crippen LogP contribution in [0.25, 0.3) is 0 Å². The number of rotatable bonds is 1. The van der Waals surface area contributed by atoms with Crippen LogP contribution in [0, 0.1) is 0 Å². The molecule has 0 saturated carbocycles. The SMILES string of the molecule is CCC(=O)N1CCN2CCCc3cccc1c32. The Morgan fingerprint density at radius 3 is 3.00 bits per heavy atom. The topological polar surface area (TPSA) is 23.6 Å². The van der Waals surface area contributed by atoms with Gasteiger partial charge in [-0.25, -0.2) is 0 Å². The van der Waals surface area contributed by atoms with Crippen LogP contribution in [-0.4, -0.2) is 25.5 Å². The molecule has 0 saturated heterocycles. The van der Waals surface area contributed by atoms with Crippen molar-refractivity contribution in [1.29, 1.82) is 0 Å². The second-order valence-electron chi connectivity index (χ2n) is 4.77. The third-order valence-electron chi connectivity index (χ3n) is 3.78. The Bertz CT molecular complexity index is 456. The minimum absolute atomic E-state index is 0.239. The van der Waals surface area contributed by atoms with Gasteiger partial charge in [0.15, 0.2) is 0 Å². The summed E-state index contributed by atoms with van der Waals surface area (Å²) in [4.78, 5) is 16.4. The summed E-state index contributed by atoms with van der Waals surface area (Å²) in [7, 11) is 0. The second-order valence-corrected chi connectivity index (χ2v) is 4.77. The fourth-order valence-electron chi connectivity index (χ4n) is 2.95. The Kier molecular flexibility index (Phi) is 2.54. The molecule has 3 heteroatoms. The highest BCUT2D eigenvalue weighted by Crippen LogP contribution is 2.39. The summed E-state index contributed by atoms with van der Waals surface area (Å²) in [5.74, 6) is 0.239. The first-order chi connectivity index (χ1) is 8.31. The second kappa shape index (κ2) is 4.06. The van der Waals surface area contributed by atoms with E-state index in [4.69, 9.17) is 0 Å². The molecule has 1 aromatic rings. The van der Waals surface area contributed by atoms with E-state index in [-0.39, 0.29) is 5.91 Å². The summed E-state index contributed by atoms with van der Waals surface area (Å²) in [6.45, 7) is 4.89. The van der Waals surface area contributed by atoms with Gasteiger partial charge in [0.1, 0.15) is 0 Å². The van der Waals surface area contributed by atoms with Crippen molar-refractivity contribution < 1.29 is 4.79 Å². The molecule has 1 aromatic carbocycles. The summed E-state index contributed by atoms with van der Waals surface area (Å²) in [6, 6.07) is 6.37. The third kappa shape index (κ3) is 1.61. The molecule has 0 aliphatic carbocycles. The van der Waals surface area contributed by atoms with Crippen molar-refractivity contribution in [2.75, 3.05) is 29.4 Å². The fourth-order valence-corrected chi connectivity index (χ4v) is 2.95. The first-order valence-corrected chi connectivity index (χ1v) is 6.48. The number of hydrogen-bond acceptors (Lipinski definition) is 2. The number of hydrogen-bond donors (Lipinski definition) is 0. The predicted octanol–water partition coefficient (Wildman–Crippen LogP) is 2.20. The highest BCUT2D eigenvalue weighted by molar-refractivity contribution is 5.98. The molecule has 17 heavy (non-hydrogen) atoms. The lowest BCUT2D eigenvalue weighted by Crippen LogP contribution is -2.45. The molecule has 0 atom stereocenters. The maximum atomic E-state index is 12.0. The molecule has 90 valence electrons. The number of amides is 1. The molecule has 0 N–H and O–H groups in total. The van der Waals surface area contributed by atoms with Crippen LogP contribution in [0.3, 0.4) is 0 Å². The molecule has 1 amide bonds. The monoisotopic (exact) mass is 230 g/mol. The van der Waals surface area contributed by atoms with Gasteiger partial charge in [-0.15, -0.1) is 0 Å². The van der Waals surface area contributed by atoms with Gasteiger partial charge in [-0.2, -0.15) is 0 Å². The van der Waals surface area contributed by atoms with E-state index in [0.717, 1.165) is 31.7 Å². The number of anilines is 2. The Hall–Kier alpha value is -1.51. The molecule has 0 bridgehead atoms. The van der Waals surface area contributed by atoms with Gasteiger partial charge in [-0.1, -0.05) is 19.1 Å². The maximum Gasteiger partial charge on any atom is 0.226 e. The van der Waals surface area contributed by atoms with Crippen LogP contribution in [0.5, 0.6) is 0 Å². The maximum absolute atomic E-state index is 12.0. The molecule has 2 heterocycles. The fraction of sp³-hybridized carbons (Fsp3) is 0.500. The zero-order valence-electron chi connectivity index (χ0n) is 10.3. The van der Waals surface area contributed by atoms with Crippen LogP contribution < -0.4 is 9.80 Å². The molecular formula is C14H18N2O. The van der Waals surface area contributed by atoms with E-state index in [1.165, 1.54) is 17.7 Å². The van der Waals surface area contributed by atoms with Gasteiger partial charge in [0.2, 0.25) is 5.91 Å². The molecule has 2 aliphatic rings. The van der Waals surface area contributed by atoms with Gasteiger partial charge in [0.05, 0.1) is 11.4 Å². The van der Waals surface area contributed by atoms with Gasteiger partial charge in [0.25, 0.3) is 0 Å². The largest absolute Gasteiger partial charge is 0.368 e. The van der Waals surface area contributed by atoms with Crippen molar-refractivity contribution in [3.63, 3.8) is 0 Å². The first kappa shape index (κ1) is 10.6. The normalized spacial score (nSPS) is 17.9. The average molecular weight is 230 g/mol. The smallest absolute Gasteiger partial charge is 0.226 e. The van der Waals surface area contributed by atoms with Gasteiger partial charge in [0, 0.05) is 26.1 Å². The Balaban J connectivity index is 2.09. The van der Waals surface area contributed by atoms with Crippen LogP contribution in [-0.2, 0) is 11.2 Å². The molecule has 0 aromatic heterocycles. The van der Waals surface area contributed by atoms with Crippen molar-refractivity contribution in [3.8, 4) is 0 Å². The van der Waals surface area contributed by atoms with Crippen LogP contribution in [0.2, 0.25) is 0 Å². The standard InChI is InChI=1S/C14H18N2O/c1-2-13(17)16-10-9-15-8-4-6-11-5-3-7-12(16)14(11)15/h3,5,7H,2,4,6,8-10H2,1H3. The van der Waals surface area contributed by atoms with Crippen LogP contribution >= 0.6 is 0 Å². The lowest BCUT2D eigenvalue weighted by molar-refractivity contribution is -0.118. The molecule has 0 spiro atoms. The minimum atomic E-state index is 0.239. The van der Waals surface area contributed by atoms with E-state index in [9.17, 15) is 4.79 Å². The minimum Gasteiger partial charge on any atom is -0.368 e. The average Bonchev–Trinajstić information content (AvgIpc) is 2.39. The van der Waals surface area contributed by atoms with E-state index in [0.29, 0.717) is 6.42 Å². The number of nitrogens with zero attached hydrogens (tertiary/aromatic N) is 2. The number of carbonyl (C=O) groups is 1. The van der Waals surface area contributed by atoms with Crippen molar-refractivity contribution in [1.82, 2.24) is 0 Å². The molecule has 0 unspecified atom stereocenters.